The van der Waals surface area contributed by atoms with Crippen molar-refractivity contribution in [2.24, 2.45) is 0 Å². The third-order valence-corrected chi connectivity index (χ3v) is 5.05. The van der Waals surface area contributed by atoms with E-state index >= 15 is 0 Å². The van der Waals surface area contributed by atoms with Crippen LogP contribution in [0.1, 0.15) is 16.7 Å². The lowest BCUT2D eigenvalue weighted by Gasteiger charge is -2.35. The third kappa shape index (κ3) is 4.16. The van der Waals surface area contributed by atoms with Crippen LogP contribution in [0.2, 0.25) is 5.02 Å². The first-order valence-electron chi connectivity index (χ1n) is 8.41. The van der Waals surface area contributed by atoms with Crippen LogP contribution >= 0.6 is 11.6 Å². The van der Waals surface area contributed by atoms with Crippen LogP contribution in [0.15, 0.2) is 48.5 Å². The highest BCUT2D eigenvalue weighted by molar-refractivity contribution is 6.31. The number of piperazine rings is 1. The molecule has 3 rings (SSSR count). The summed E-state index contributed by atoms with van der Waals surface area (Å²) in [6.07, 6.45) is 0.497. The van der Waals surface area contributed by atoms with Crippen LogP contribution in [0.3, 0.4) is 0 Å². The fraction of sp³-hybridized carbons (Fsp3) is 0.350. The second-order valence-electron chi connectivity index (χ2n) is 6.35. The first-order chi connectivity index (χ1) is 11.6. The lowest BCUT2D eigenvalue weighted by molar-refractivity contribution is -0.132. The van der Waals surface area contributed by atoms with Crippen molar-refractivity contribution in [3.05, 3.63) is 70.2 Å². The summed E-state index contributed by atoms with van der Waals surface area (Å²) in [4.78, 5) is 16.9. The number of hydrogen-bond acceptors (Lipinski definition) is 2. The monoisotopic (exact) mass is 342 g/mol. The van der Waals surface area contributed by atoms with Crippen molar-refractivity contribution in [2.45, 2.75) is 19.9 Å². The molecule has 24 heavy (non-hydrogen) atoms. The fourth-order valence-corrected chi connectivity index (χ4v) is 3.30. The van der Waals surface area contributed by atoms with E-state index in [2.05, 4.69) is 24.0 Å². The van der Waals surface area contributed by atoms with Crippen LogP contribution in [-0.4, -0.2) is 41.9 Å². The first kappa shape index (κ1) is 17.0. The molecule has 2 aromatic rings. The fourth-order valence-electron chi connectivity index (χ4n) is 3.11. The zero-order valence-electron chi connectivity index (χ0n) is 14.0. The SMILES string of the molecule is Cc1ccccc1CC(=O)N1CCN(Cc2ccccc2Cl)CC1. The minimum atomic E-state index is 0.224. The summed E-state index contributed by atoms with van der Waals surface area (Å²) < 4.78 is 0. The number of benzene rings is 2. The second kappa shape index (κ2) is 7.82. The third-order valence-electron chi connectivity index (χ3n) is 4.68. The molecule has 4 heteroatoms. The number of aryl methyl sites for hydroxylation is 1. The van der Waals surface area contributed by atoms with Gasteiger partial charge in [0, 0.05) is 37.7 Å². The predicted octanol–water partition coefficient (Wildman–Crippen LogP) is 3.54. The first-order valence-corrected chi connectivity index (χ1v) is 8.79. The van der Waals surface area contributed by atoms with Crippen molar-refractivity contribution in [3.63, 3.8) is 0 Å². The minimum absolute atomic E-state index is 0.224. The highest BCUT2D eigenvalue weighted by atomic mass is 35.5. The van der Waals surface area contributed by atoms with Crippen molar-refractivity contribution in [1.29, 1.82) is 0 Å². The van der Waals surface area contributed by atoms with Gasteiger partial charge in [0.15, 0.2) is 0 Å². The zero-order valence-corrected chi connectivity index (χ0v) is 14.8. The van der Waals surface area contributed by atoms with Gasteiger partial charge in [-0.25, -0.2) is 0 Å². The summed E-state index contributed by atoms with van der Waals surface area (Å²) in [5.74, 6) is 0.224. The molecule has 3 nitrogen and oxygen atoms in total. The number of halogens is 1. The van der Waals surface area contributed by atoms with Crippen LogP contribution in [0.25, 0.3) is 0 Å². The number of carbonyl (C=O) groups is 1. The van der Waals surface area contributed by atoms with Gasteiger partial charge < -0.3 is 4.90 Å². The van der Waals surface area contributed by atoms with E-state index in [4.69, 9.17) is 11.6 Å². The molecule has 1 fully saturated rings. The van der Waals surface area contributed by atoms with E-state index in [9.17, 15) is 4.79 Å². The normalized spacial score (nSPS) is 15.5. The van der Waals surface area contributed by atoms with Crippen LogP contribution in [0, 0.1) is 6.92 Å². The number of amides is 1. The summed E-state index contributed by atoms with van der Waals surface area (Å²) >= 11 is 6.24. The molecular formula is C20H23ClN2O. The van der Waals surface area contributed by atoms with Crippen molar-refractivity contribution in [2.75, 3.05) is 26.2 Å². The average Bonchev–Trinajstić information content (AvgIpc) is 2.59. The Labute approximate surface area is 148 Å². The molecule has 0 bridgehead atoms. The molecule has 1 heterocycles. The quantitative estimate of drug-likeness (QED) is 0.848. The molecule has 0 radical (unpaired) electrons. The van der Waals surface area contributed by atoms with Gasteiger partial charge in [-0.1, -0.05) is 54.1 Å². The van der Waals surface area contributed by atoms with Crippen LogP contribution < -0.4 is 0 Å². The zero-order chi connectivity index (χ0) is 16.9. The summed E-state index contributed by atoms with van der Waals surface area (Å²) in [7, 11) is 0. The maximum atomic E-state index is 12.5. The Balaban J connectivity index is 1.52. The van der Waals surface area contributed by atoms with Crippen LogP contribution in [-0.2, 0) is 17.8 Å². The molecule has 1 saturated heterocycles. The highest BCUT2D eigenvalue weighted by Crippen LogP contribution is 2.18. The van der Waals surface area contributed by atoms with E-state index in [1.165, 1.54) is 5.56 Å². The van der Waals surface area contributed by atoms with Gasteiger partial charge in [0.1, 0.15) is 0 Å². The van der Waals surface area contributed by atoms with Gasteiger partial charge >= 0.3 is 0 Å². The minimum Gasteiger partial charge on any atom is -0.340 e. The van der Waals surface area contributed by atoms with Crippen molar-refractivity contribution < 1.29 is 4.79 Å². The lowest BCUT2D eigenvalue weighted by Crippen LogP contribution is -2.48. The summed E-state index contributed by atoms with van der Waals surface area (Å²) in [6, 6.07) is 16.1. The number of carbonyl (C=O) groups excluding carboxylic acids is 1. The van der Waals surface area contributed by atoms with Crippen molar-refractivity contribution >= 4 is 17.5 Å². The second-order valence-corrected chi connectivity index (χ2v) is 6.76. The van der Waals surface area contributed by atoms with Gasteiger partial charge in [-0.3, -0.25) is 9.69 Å². The highest BCUT2D eigenvalue weighted by Gasteiger charge is 2.21. The Kier molecular flexibility index (Phi) is 5.54. The molecule has 1 amide bonds. The molecule has 126 valence electrons. The van der Waals surface area contributed by atoms with Gasteiger partial charge in [-0.2, -0.15) is 0 Å². The molecule has 0 spiro atoms. The van der Waals surface area contributed by atoms with Crippen molar-refractivity contribution in [3.8, 4) is 0 Å². The summed E-state index contributed by atoms with van der Waals surface area (Å²) in [5.41, 5.74) is 3.46. The molecule has 1 aliphatic rings. The molecule has 0 N–H and O–H groups in total. The van der Waals surface area contributed by atoms with Gasteiger partial charge in [0.05, 0.1) is 6.42 Å². The summed E-state index contributed by atoms with van der Waals surface area (Å²) in [5, 5.41) is 0.815. The van der Waals surface area contributed by atoms with E-state index in [1.54, 1.807) is 0 Å². The molecule has 0 aromatic heterocycles. The van der Waals surface area contributed by atoms with Crippen LogP contribution in [0.4, 0.5) is 0 Å². The number of rotatable bonds is 4. The van der Waals surface area contributed by atoms with Gasteiger partial charge in [0.25, 0.3) is 0 Å². The average molecular weight is 343 g/mol. The van der Waals surface area contributed by atoms with E-state index in [0.29, 0.717) is 6.42 Å². The van der Waals surface area contributed by atoms with E-state index in [-0.39, 0.29) is 5.91 Å². The molecular weight excluding hydrogens is 320 g/mol. The number of hydrogen-bond donors (Lipinski definition) is 0. The maximum Gasteiger partial charge on any atom is 0.227 e. The Hall–Kier alpha value is -1.84. The Morgan fingerprint density at radius 3 is 2.25 bits per heavy atom. The predicted molar refractivity (Wildman–Crippen MR) is 98.2 cm³/mol. The van der Waals surface area contributed by atoms with E-state index < -0.39 is 0 Å². The largest absolute Gasteiger partial charge is 0.340 e. The molecule has 0 unspecified atom stereocenters. The molecule has 0 atom stereocenters. The number of nitrogens with zero attached hydrogens (tertiary/aromatic N) is 2. The van der Waals surface area contributed by atoms with E-state index in [0.717, 1.165) is 48.9 Å². The Bertz CT molecular complexity index is 708. The van der Waals surface area contributed by atoms with Gasteiger partial charge in [0.2, 0.25) is 5.91 Å². The Morgan fingerprint density at radius 1 is 0.958 bits per heavy atom. The smallest absolute Gasteiger partial charge is 0.227 e. The molecule has 2 aromatic carbocycles. The lowest BCUT2D eigenvalue weighted by atomic mass is 10.1. The standard InChI is InChI=1S/C20H23ClN2O/c1-16-6-2-3-7-17(16)14-20(24)23-12-10-22(11-13-23)15-18-8-4-5-9-19(18)21/h2-9H,10-15H2,1H3. The Morgan fingerprint density at radius 2 is 1.58 bits per heavy atom. The topological polar surface area (TPSA) is 23.6 Å². The molecule has 0 saturated carbocycles. The van der Waals surface area contributed by atoms with E-state index in [1.807, 2.05) is 41.3 Å². The van der Waals surface area contributed by atoms with Gasteiger partial charge in [-0.15, -0.1) is 0 Å². The van der Waals surface area contributed by atoms with Gasteiger partial charge in [-0.05, 0) is 29.7 Å². The molecule has 1 aliphatic heterocycles. The van der Waals surface area contributed by atoms with Crippen molar-refractivity contribution in [1.82, 2.24) is 9.80 Å². The van der Waals surface area contributed by atoms with Crippen LogP contribution in [0.5, 0.6) is 0 Å². The maximum absolute atomic E-state index is 12.5. The molecule has 0 aliphatic carbocycles. The summed E-state index contributed by atoms with van der Waals surface area (Å²) in [6.45, 7) is 6.27.